The molecule has 21 heavy (non-hydrogen) atoms. The van der Waals surface area contributed by atoms with Gasteiger partial charge in [0.15, 0.2) is 11.5 Å². The summed E-state index contributed by atoms with van der Waals surface area (Å²) in [5.74, 6) is 1.12. The minimum atomic E-state index is 0.401. The zero-order chi connectivity index (χ0) is 15.5. The predicted octanol–water partition coefficient (Wildman–Crippen LogP) is 1.54. The number of anilines is 1. The molecule has 1 aliphatic rings. The quantitative estimate of drug-likeness (QED) is 0.819. The van der Waals surface area contributed by atoms with Crippen LogP contribution in [-0.2, 0) is 4.74 Å². The predicted molar refractivity (Wildman–Crippen MR) is 81.6 cm³/mol. The Morgan fingerprint density at radius 1 is 1.33 bits per heavy atom. The number of ether oxygens (including phenoxy) is 3. The molecule has 0 radical (unpaired) electrons. The standard InChI is InChI=1S/C11H14N2O2.C4H9NO/c1-3-4-15-11-5-8(7-12)9(13)6-10(11)14-2;1-3-6-4-2-5-1/h5-6H,3-4,13H2,1-2H3;5H,1-4H2. The molecule has 116 valence electrons. The normalized spacial score (nSPS) is 13.6. The maximum Gasteiger partial charge on any atom is 0.162 e. The van der Waals surface area contributed by atoms with Crippen molar-refractivity contribution in [3.8, 4) is 17.6 Å². The van der Waals surface area contributed by atoms with E-state index < -0.39 is 0 Å². The van der Waals surface area contributed by atoms with Gasteiger partial charge in [-0.15, -0.1) is 0 Å². The first-order valence-electron chi connectivity index (χ1n) is 7.01. The first kappa shape index (κ1) is 17.1. The Morgan fingerprint density at radius 3 is 2.48 bits per heavy atom. The summed E-state index contributed by atoms with van der Waals surface area (Å²) in [7, 11) is 1.54. The Morgan fingerprint density at radius 2 is 2.05 bits per heavy atom. The third-order valence-electron chi connectivity index (χ3n) is 2.76. The highest BCUT2D eigenvalue weighted by atomic mass is 16.5. The van der Waals surface area contributed by atoms with Gasteiger partial charge in [0.1, 0.15) is 6.07 Å². The van der Waals surface area contributed by atoms with Crippen LogP contribution in [-0.4, -0.2) is 40.0 Å². The minimum Gasteiger partial charge on any atom is -0.493 e. The van der Waals surface area contributed by atoms with E-state index in [1.807, 2.05) is 13.0 Å². The summed E-state index contributed by atoms with van der Waals surface area (Å²) in [4.78, 5) is 0. The fourth-order valence-corrected chi connectivity index (χ4v) is 1.67. The number of benzene rings is 1. The summed E-state index contributed by atoms with van der Waals surface area (Å²) in [6.45, 7) is 6.43. The highest BCUT2D eigenvalue weighted by Crippen LogP contribution is 2.31. The lowest BCUT2D eigenvalue weighted by Gasteiger charge is -2.11. The summed E-state index contributed by atoms with van der Waals surface area (Å²) in [5.41, 5.74) is 6.45. The number of methoxy groups -OCH3 is 1. The first-order chi connectivity index (χ1) is 10.2. The molecule has 1 saturated heterocycles. The van der Waals surface area contributed by atoms with Crippen molar-refractivity contribution >= 4 is 5.69 Å². The van der Waals surface area contributed by atoms with Gasteiger partial charge in [-0.1, -0.05) is 6.92 Å². The molecule has 0 atom stereocenters. The molecule has 1 fully saturated rings. The molecular weight excluding hydrogens is 270 g/mol. The van der Waals surface area contributed by atoms with Crippen LogP contribution in [0, 0.1) is 11.3 Å². The molecular formula is C15H23N3O3. The molecule has 0 bridgehead atoms. The van der Waals surface area contributed by atoms with Crippen molar-refractivity contribution in [3.05, 3.63) is 17.7 Å². The van der Waals surface area contributed by atoms with Crippen LogP contribution < -0.4 is 20.5 Å². The van der Waals surface area contributed by atoms with Crippen LogP contribution >= 0.6 is 0 Å². The maximum absolute atomic E-state index is 8.81. The minimum absolute atomic E-state index is 0.401. The molecule has 0 saturated carbocycles. The number of hydrogen-bond donors (Lipinski definition) is 2. The van der Waals surface area contributed by atoms with Crippen LogP contribution in [0.5, 0.6) is 11.5 Å². The fourth-order valence-electron chi connectivity index (χ4n) is 1.67. The highest BCUT2D eigenvalue weighted by Gasteiger charge is 2.09. The van der Waals surface area contributed by atoms with E-state index in [-0.39, 0.29) is 0 Å². The van der Waals surface area contributed by atoms with Gasteiger partial charge in [0.2, 0.25) is 0 Å². The van der Waals surface area contributed by atoms with Crippen LogP contribution in [0.4, 0.5) is 5.69 Å². The molecule has 3 N–H and O–H groups in total. The maximum atomic E-state index is 8.81. The zero-order valence-electron chi connectivity index (χ0n) is 12.6. The lowest BCUT2D eigenvalue weighted by Crippen LogP contribution is -2.30. The summed E-state index contributed by atoms with van der Waals surface area (Å²) in [5, 5.41) is 12.0. The monoisotopic (exact) mass is 293 g/mol. The topological polar surface area (TPSA) is 89.5 Å². The van der Waals surface area contributed by atoms with Gasteiger partial charge >= 0.3 is 0 Å². The molecule has 1 aromatic carbocycles. The molecule has 1 aromatic rings. The number of morpholine rings is 1. The molecule has 6 nitrogen and oxygen atoms in total. The second-order valence-electron chi connectivity index (χ2n) is 4.41. The number of nitrogens with one attached hydrogen (secondary N) is 1. The Kier molecular flexibility index (Phi) is 8.02. The molecule has 2 rings (SSSR count). The van der Waals surface area contributed by atoms with E-state index in [4.69, 9.17) is 25.2 Å². The van der Waals surface area contributed by atoms with Crippen molar-refractivity contribution in [2.45, 2.75) is 13.3 Å². The van der Waals surface area contributed by atoms with Crippen molar-refractivity contribution < 1.29 is 14.2 Å². The molecule has 6 heteroatoms. The van der Waals surface area contributed by atoms with Gasteiger partial charge in [-0.05, 0) is 6.42 Å². The fraction of sp³-hybridized carbons (Fsp3) is 0.533. The van der Waals surface area contributed by atoms with Gasteiger partial charge in [0.05, 0.1) is 38.2 Å². The Balaban J connectivity index is 0.000000304. The Bertz CT molecular complexity index is 456. The lowest BCUT2D eigenvalue weighted by atomic mass is 10.2. The van der Waals surface area contributed by atoms with Gasteiger partial charge in [0, 0.05) is 25.2 Å². The number of nitrogens with zero attached hydrogens (tertiary/aromatic N) is 1. The largest absolute Gasteiger partial charge is 0.493 e. The third-order valence-corrected chi connectivity index (χ3v) is 2.76. The van der Waals surface area contributed by atoms with Gasteiger partial charge in [-0.25, -0.2) is 0 Å². The second-order valence-corrected chi connectivity index (χ2v) is 4.41. The van der Waals surface area contributed by atoms with Gasteiger partial charge < -0.3 is 25.3 Å². The van der Waals surface area contributed by atoms with Crippen LogP contribution in [0.1, 0.15) is 18.9 Å². The third kappa shape index (κ3) is 5.90. The van der Waals surface area contributed by atoms with Crippen molar-refractivity contribution in [3.63, 3.8) is 0 Å². The molecule has 0 aromatic heterocycles. The number of hydrogen-bond acceptors (Lipinski definition) is 6. The summed E-state index contributed by atoms with van der Waals surface area (Å²) >= 11 is 0. The number of nitriles is 1. The van der Waals surface area contributed by atoms with Crippen LogP contribution in [0.2, 0.25) is 0 Å². The summed E-state index contributed by atoms with van der Waals surface area (Å²) in [6.07, 6.45) is 0.898. The zero-order valence-corrected chi connectivity index (χ0v) is 12.6. The average Bonchev–Trinajstić information content (AvgIpc) is 2.55. The van der Waals surface area contributed by atoms with E-state index in [1.165, 1.54) is 0 Å². The smallest absolute Gasteiger partial charge is 0.162 e. The van der Waals surface area contributed by atoms with Crippen molar-refractivity contribution in [1.29, 1.82) is 5.26 Å². The highest BCUT2D eigenvalue weighted by molar-refractivity contribution is 5.62. The Hall–Kier alpha value is -1.97. The molecule has 0 unspecified atom stereocenters. The molecule has 0 amide bonds. The molecule has 1 heterocycles. The van der Waals surface area contributed by atoms with Crippen LogP contribution in [0.15, 0.2) is 12.1 Å². The number of nitrogens with two attached hydrogens (primary N) is 1. The Labute approximate surface area is 125 Å². The van der Waals surface area contributed by atoms with E-state index in [9.17, 15) is 0 Å². The van der Waals surface area contributed by atoms with Crippen molar-refractivity contribution in [1.82, 2.24) is 5.32 Å². The number of nitrogen functional groups attached to an aromatic ring is 1. The van der Waals surface area contributed by atoms with Crippen LogP contribution in [0.3, 0.4) is 0 Å². The van der Waals surface area contributed by atoms with E-state index in [1.54, 1.807) is 19.2 Å². The van der Waals surface area contributed by atoms with E-state index in [2.05, 4.69) is 5.32 Å². The van der Waals surface area contributed by atoms with Crippen molar-refractivity contribution in [2.75, 3.05) is 45.8 Å². The van der Waals surface area contributed by atoms with Gasteiger partial charge in [-0.3, -0.25) is 0 Å². The van der Waals surface area contributed by atoms with E-state index in [0.29, 0.717) is 29.4 Å². The lowest BCUT2D eigenvalue weighted by molar-refractivity contribution is 0.109. The average molecular weight is 293 g/mol. The van der Waals surface area contributed by atoms with E-state index in [0.717, 1.165) is 32.7 Å². The SMILES string of the molecule is C1COCCN1.CCCOc1cc(C#N)c(N)cc1OC. The molecule has 0 aliphatic carbocycles. The molecule has 0 spiro atoms. The summed E-state index contributed by atoms with van der Waals surface area (Å²) < 4.78 is 15.6. The molecule has 1 aliphatic heterocycles. The summed E-state index contributed by atoms with van der Waals surface area (Å²) in [6, 6.07) is 5.20. The first-order valence-corrected chi connectivity index (χ1v) is 7.01. The van der Waals surface area contributed by atoms with E-state index >= 15 is 0 Å². The van der Waals surface area contributed by atoms with Gasteiger partial charge in [0.25, 0.3) is 0 Å². The number of rotatable bonds is 4. The van der Waals surface area contributed by atoms with Gasteiger partial charge in [-0.2, -0.15) is 5.26 Å². The van der Waals surface area contributed by atoms with Crippen molar-refractivity contribution in [2.24, 2.45) is 0 Å². The second kappa shape index (κ2) is 9.86. The van der Waals surface area contributed by atoms with Crippen LogP contribution in [0.25, 0.3) is 0 Å².